The Hall–Kier alpha value is -2.22. The molecule has 0 aliphatic carbocycles. The standard InChI is InChI=1S/C13H13ClF2N4O2/c1-8-5-9(20(21)22)6-10(14)12(8)18(2)7-11-17-3-4-19(11)13(15)16/h3-6,13H,7H2,1-2H3. The molecule has 1 aromatic carbocycles. The fourth-order valence-corrected chi connectivity index (χ4v) is 2.65. The Morgan fingerprint density at radius 3 is 2.73 bits per heavy atom. The molecule has 0 unspecified atom stereocenters. The molecule has 1 aromatic heterocycles. The number of hydrogen-bond donors (Lipinski definition) is 0. The highest BCUT2D eigenvalue weighted by Gasteiger charge is 2.19. The summed E-state index contributed by atoms with van der Waals surface area (Å²) < 4.78 is 26.4. The zero-order chi connectivity index (χ0) is 16.4. The second-order valence-corrected chi connectivity index (χ2v) is 5.14. The molecule has 2 aromatic rings. The number of alkyl halides is 2. The summed E-state index contributed by atoms with van der Waals surface area (Å²) in [6, 6.07) is 2.62. The van der Waals surface area contributed by atoms with Gasteiger partial charge in [-0.1, -0.05) is 11.6 Å². The average Bonchev–Trinajstić information content (AvgIpc) is 2.85. The maximum absolute atomic E-state index is 12.8. The van der Waals surface area contributed by atoms with E-state index in [1.807, 2.05) is 0 Å². The second kappa shape index (κ2) is 6.27. The molecule has 2 rings (SSSR count). The molecule has 0 spiro atoms. The van der Waals surface area contributed by atoms with Crippen molar-refractivity contribution in [3.05, 3.63) is 51.1 Å². The first-order valence-corrected chi connectivity index (χ1v) is 6.64. The number of halogens is 3. The van der Waals surface area contributed by atoms with E-state index in [1.165, 1.54) is 24.5 Å². The van der Waals surface area contributed by atoms with Crippen molar-refractivity contribution in [2.75, 3.05) is 11.9 Å². The van der Waals surface area contributed by atoms with E-state index in [4.69, 9.17) is 11.6 Å². The summed E-state index contributed by atoms with van der Waals surface area (Å²) in [6.07, 6.45) is 2.48. The van der Waals surface area contributed by atoms with Gasteiger partial charge in [-0.25, -0.2) is 4.98 Å². The van der Waals surface area contributed by atoms with Gasteiger partial charge in [-0.2, -0.15) is 8.78 Å². The Labute approximate surface area is 130 Å². The highest BCUT2D eigenvalue weighted by molar-refractivity contribution is 6.33. The summed E-state index contributed by atoms with van der Waals surface area (Å²) in [5.41, 5.74) is 1.00. The fraction of sp³-hybridized carbons (Fsp3) is 0.308. The van der Waals surface area contributed by atoms with Gasteiger partial charge >= 0.3 is 6.55 Å². The normalized spacial score (nSPS) is 11.0. The topological polar surface area (TPSA) is 64.2 Å². The van der Waals surface area contributed by atoms with Gasteiger partial charge < -0.3 is 4.90 Å². The molecule has 0 atom stereocenters. The van der Waals surface area contributed by atoms with Crippen molar-refractivity contribution in [2.45, 2.75) is 20.0 Å². The first-order valence-electron chi connectivity index (χ1n) is 6.26. The van der Waals surface area contributed by atoms with Crippen LogP contribution >= 0.6 is 11.6 Å². The molecule has 0 amide bonds. The summed E-state index contributed by atoms with van der Waals surface area (Å²) in [5, 5.41) is 11.0. The van der Waals surface area contributed by atoms with E-state index < -0.39 is 11.5 Å². The zero-order valence-corrected chi connectivity index (χ0v) is 12.6. The van der Waals surface area contributed by atoms with Gasteiger partial charge in [0, 0.05) is 31.6 Å². The van der Waals surface area contributed by atoms with E-state index in [0.717, 1.165) is 4.57 Å². The minimum Gasteiger partial charge on any atom is -0.366 e. The second-order valence-electron chi connectivity index (χ2n) is 4.73. The lowest BCUT2D eigenvalue weighted by Gasteiger charge is -2.22. The Morgan fingerprint density at radius 1 is 1.50 bits per heavy atom. The van der Waals surface area contributed by atoms with Gasteiger partial charge in [0.1, 0.15) is 5.82 Å². The van der Waals surface area contributed by atoms with Gasteiger partial charge in [0.15, 0.2) is 0 Å². The van der Waals surface area contributed by atoms with Gasteiger partial charge in [-0.05, 0) is 12.5 Å². The molecule has 22 heavy (non-hydrogen) atoms. The number of rotatable bonds is 5. The van der Waals surface area contributed by atoms with Gasteiger partial charge in [0.05, 0.1) is 22.2 Å². The highest BCUT2D eigenvalue weighted by atomic mass is 35.5. The molecule has 0 bridgehead atoms. The van der Waals surface area contributed by atoms with Gasteiger partial charge in [-0.15, -0.1) is 0 Å². The van der Waals surface area contributed by atoms with Crippen LogP contribution in [-0.2, 0) is 6.54 Å². The van der Waals surface area contributed by atoms with Crippen molar-refractivity contribution < 1.29 is 13.7 Å². The molecule has 0 saturated heterocycles. The molecule has 0 aliphatic heterocycles. The Kier molecular flexibility index (Phi) is 4.60. The number of aryl methyl sites for hydroxylation is 1. The minimum absolute atomic E-state index is 0.0930. The fourth-order valence-electron chi connectivity index (χ4n) is 2.24. The lowest BCUT2D eigenvalue weighted by atomic mass is 10.1. The summed E-state index contributed by atoms with van der Waals surface area (Å²) in [5.74, 6) is 0.173. The Bertz CT molecular complexity index is 682. The van der Waals surface area contributed by atoms with Crippen molar-refractivity contribution >= 4 is 23.0 Å². The number of nitro benzene ring substituents is 1. The highest BCUT2D eigenvalue weighted by Crippen LogP contribution is 2.33. The molecule has 0 radical (unpaired) electrons. The van der Waals surface area contributed by atoms with Crippen molar-refractivity contribution in [1.29, 1.82) is 0 Å². The maximum atomic E-state index is 12.8. The van der Waals surface area contributed by atoms with Crippen LogP contribution in [0.1, 0.15) is 17.9 Å². The van der Waals surface area contributed by atoms with Crippen molar-refractivity contribution in [3.63, 3.8) is 0 Å². The lowest BCUT2D eigenvalue weighted by Crippen LogP contribution is -2.21. The van der Waals surface area contributed by atoms with Crippen LogP contribution in [0.3, 0.4) is 0 Å². The molecule has 0 aliphatic rings. The number of nitrogens with zero attached hydrogens (tertiary/aromatic N) is 4. The van der Waals surface area contributed by atoms with Crippen LogP contribution in [0.25, 0.3) is 0 Å². The zero-order valence-electron chi connectivity index (χ0n) is 11.8. The van der Waals surface area contributed by atoms with E-state index in [-0.39, 0.29) is 23.1 Å². The van der Waals surface area contributed by atoms with Crippen LogP contribution in [0, 0.1) is 17.0 Å². The largest absolute Gasteiger partial charge is 0.366 e. The molecule has 0 N–H and O–H groups in total. The van der Waals surface area contributed by atoms with E-state index in [9.17, 15) is 18.9 Å². The Balaban J connectivity index is 2.32. The third-order valence-corrected chi connectivity index (χ3v) is 3.46. The van der Waals surface area contributed by atoms with Crippen molar-refractivity contribution in [1.82, 2.24) is 9.55 Å². The molecule has 0 saturated carbocycles. The summed E-state index contributed by atoms with van der Waals surface area (Å²) >= 11 is 6.09. The summed E-state index contributed by atoms with van der Waals surface area (Å²) in [7, 11) is 1.66. The van der Waals surface area contributed by atoms with E-state index in [2.05, 4.69) is 4.98 Å². The maximum Gasteiger partial charge on any atom is 0.319 e. The van der Waals surface area contributed by atoms with Crippen LogP contribution < -0.4 is 4.90 Å². The summed E-state index contributed by atoms with van der Waals surface area (Å²) in [6.45, 7) is -0.917. The number of non-ortho nitro benzene ring substituents is 1. The predicted octanol–water partition coefficient (Wildman–Crippen LogP) is 3.78. The van der Waals surface area contributed by atoms with Crippen molar-refractivity contribution in [3.8, 4) is 0 Å². The first kappa shape index (κ1) is 16.2. The summed E-state index contributed by atoms with van der Waals surface area (Å²) in [4.78, 5) is 15.8. The monoisotopic (exact) mass is 330 g/mol. The predicted molar refractivity (Wildman–Crippen MR) is 78.4 cm³/mol. The number of anilines is 1. The van der Waals surface area contributed by atoms with Gasteiger partial charge in [0.2, 0.25) is 0 Å². The first-order chi connectivity index (χ1) is 10.3. The third-order valence-electron chi connectivity index (χ3n) is 3.17. The Morgan fingerprint density at radius 2 is 2.18 bits per heavy atom. The van der Waals surface area contributed by atoms with E-state index >= 15 is 0 Å². The molecule has 9 heteroatoms. The molecule has 0 fully saturated rings. The van der Waals surface area contributed by atoms with Crippen molar-refractivity contribution in [2.24, 2.45) is 0 Å². The van der Waals surface area contributed by atoms with Crippen LogP contribution in [0.15, 0.2) is 24.5 Å². The van der Waals surface area contributed by atoms with Crippen LogP contribution in [-0.4, -0.2) is 21.5 Å². The smallest absolute Gasteiger partial charge is 0.319 e. The number of aromatic nitrogens is 2. The quantitative estimate of drug-likeness (QED) is 0.618. The molecule has 6 nitrogen and oxygen atoms in total. The number of benzene rings is 1. The molecule has 1 heterocycles. The van der Waals surface area contributed by atoms with Crippen LogP contribution in [0.4, 0.5) is 20.2 Å². The van der Waals surface area contributed by atoms with Gasteiger partial charge in [-0.3, -0.25) is 14.7 Å². The molecule has 118 valence electrons. The van der Waals surface area contributed by atoms with Crippen LogP contribution in [0.5, 0.6) is 0 Å². The van der Waals surface area contributed by atoms with E-state index in [0.29, 0.717) is 11.3 Å². The average molecular weight is 331 g/mol. The third kappa shape index (κ3) is 3.16. The number of imidazole rings is 1. The number of hydrogen-bond acceptors (Lipinski definition) is 4. The van der Waals surface area contributed by atoms with Gasteiger partial charge in [0.25, 0.3) is 5.69 Å². The molecular weight excluding hydrogens is 318 g/mol. The molecular formula is C13H13ClF2N4O2. The minimum atomic E-state index is -2.68. The SMILES string of the molecule is Cc1cc([N+](=O)[O-])cc(Cl)c1N(C)Cc1nccn1C(F)F. The number of nitro groups is 1. The lowest BCUT2D eigenvalue weighted by molar-refractivity contribution is -0.384. The van der Waals surface area contributed by atoms with Crippen LogP contribution in [0.2, 0.25) is 5.02 Å². The van der Waals surface area contributed by atoms with E-state index in [1.54, 1.807) is 18.9 Å².